The summed E-state index contributed by atoms with van der Waals surface area (Å²) >= 11 is 1.26. The van der Waals surface area contributed by atoms with Crippen molar-refractivity contribution >= 4 is 44.7 Å². The predicted molar refractivity (Wildman–Crippen MR) is 182 cm³/mol. The summed E-state index contributed by atoms with van der Waals surface area (Å²) < 4.78 is 32.4. The van der Waals surface area contributed by atoms with Gasteiger partial charge >= 0.3 is 0 Å². The van der Waals surface area contributed by atoms with E-state index in [-0.39, 0.29) is 16.0 Å². The van der Waals surface area contributed by atoms with Crippen molar-refractivity contribution in [2.45, 2.75) is 27.6 Å². The van der Waals surface area contributed by atoms with Crippen molar-refractivity contribution in [1.82, 2.24) is 30.0 Å². The van der Waals surface area contributed by atoms with E-state index in [1.54, 1.807) is 25.3 Å². The molecule has 3 heterocycles. The van der Waals surface area contributed by atoms with Gasteiger partial charge in [-0.2, -0.15) is 10.4 Å². The number of methoxy groups -OCH3 is 1. The third-order valence-corrected chi connectivity index (χ3v) is 10.2. The maximum Gasteiger partial charge on any atom is 0.287 e. The number of rotatable bonds is 13. The van der Waals surface area contributed by atoms with Crippen LogP contribution in [-0.2, 0) is 15.6 Å². The van der Waals surface area contributed by atoms with Gasteiger partial charge in [0.25, 0.3) is 5.69 Å². The second kappa shape index (κ2) is 15.0. The monoisotopic (exact) mass is 692 g/mol. The topological polar surface area (TPSA) is 187 Å². The van der Waals surface area contributed by atoms with Gasteiger partial charge in [0, 0.05) is 62.0 Å². The summed E-state index contributed by atoms with van der Waals surface area (Å²) in [7, 11) is 1.78. The summed E-state index contributed by atoms with van der Waals surface area (Å²) in [4.78, 5) is 27.8. The van der Waals surface area contributed by atoms with Crippen LogP contribution in [0.4, 0.5) is 23.1 Å². The number of aromatic amines is 1. The largest absolute Gasteiger partial charge is 0.490 e. The number of sulfone groups is 1. The minimum atomic E-state index is -3.93. The van der Waals surface area contributed by atoms with Crippen molar-refractivity contribution in [1.29, 1.82) is 5.26 Å². The second-order valence-electron chi connectivity index (χ2n) is 11.4. The lowest BCUT2D eigenvalue weighted by Crippen LogP contribution is -2.48. The molecule has 0 bridgehead atoms. The van der Waals surface area contributed by atoms with Crippen LogP contribution in [0.5, 0.6) is 5.75 Å². The minimum absolute atomic E-state index is 0.0157. The molecule has 2 N–H and O–H groups in total. The lowest BCUT2D eigenvalue weighted by atomic mass is 10.1. The fourth-order valence-electron chi connectivity index (χ4n) is 5.18. The zero-order valence-electron chi connectivity index (χ0n) is 27.0. The molecule has 2 aromatic carbocycles. The SMILES string of the molecule is COc1c(Nc2cc(C)[nH]n2)nc(Sc2ccc(S(=O)(=O)Cc3cccc([N+](=O)[O-])c3C#N)cc2)nc1N1CCN(CCN(C)C)CC1. The number of piperazine rings is 1. The van der Waals surface area contributed by atoms with Crippen LogP contribution in [0.1, 0.15) is 16.8 Å². The maximum atomic E-state index is 13.3. The number of H-pyrrole nitrogens is 1. The molecule has 17 heteroatoms. The number of nitro benzene ring substituents is 1. The van der Waals surface area contributed by atoms with Crippen LogP contribution in [0.2, 0.25) is 0 Å². The number of nitriles is 1. The van der Waals surface area contributed by atoms with Crippen molar-refractivity contribution in [2.24, 2.45) is 0 Å². The highest BCUT2D eigenvalue weighted by Gasteiger charge is 2.26. The van der Waals surface area contributed by atoms with E-state index in [1.807, 2.05) is 13.0 Å². The summed E-state index contributed by atoms with van der Waals surface area (Å²) in [5, 5.41) is 31.7. The Labute approximate surface area is 283 Å². The molecule has 0 amide bonds. The van der Waals surface area contributed by atoms with Gasteiger partial charge in [-0.3, -0.25) is 20.1 Å². The highest BCUT2D eigenvalue weighted by molar-refractivity contribution is 7.99. The van der Waals surface area contributed by atoms with Gasteiger partial charge < -0.3 is 19.9 Å². The standard InChI is InChI=1S/C31H36N10O5S2/c1-21-18-27(37-36-21)33-29-28(46-4)30(40-16-14-39(15-17-40)13-12-38(2)3)35-31(34-29)47-23-8-10-24(11-9-23)48(44,45)20-22-6-5-7-26(41(42)43)25(22)19-32/h5-11,18H,12-17,20H2,1-4H3,(H2,33,34,35,36,37). The summed E-state index contributed by atoms with van der Waals surface area (Å²) in [6.07, 6.45) is 0. The van der Waals surface area contributed by atoms with Crippen LogP contribution in [0, 0.1) is 28.4 Å². The number of nitro groups is 1. The first kappa shape index (κ1) is 34.6. The lowest BCUT2D eigenvalue weighted by Gasteiger charge is -2.36. The molecule has 252 valence electrons. The highest BCUT2D eigenvalue weighted by atomic mass is 32.2. The minimum Gasteiger partial charge on any atom is -0.490 e. The highest BCUT2D eigenvalue weighted by Crippen LogP contribution is 2.38. The van der Waals surface area contributed by atoms with Crippen LogP contribution < -0.4 is 15.0 Å². The van der Waals surface area contributed by atoms with Crippen LogP contribution in [-0.4, -0.2) is 104 Å². The molecule has 2 aromatic heterocycles. The smallest absolute Gasteiger partial charge is 0.287 e. The van der Waals surface area contributed by atoms with Gasteiger partial charge in [-0.15, -0.1) is 0 Å². The Hall–Kier alpha value is -4.76. The second-order valence-corrected chi connectivity index (χ2v) is 14.4. The quantitative estimate of drug-likeness (QED) is 0.117. The van der Waals surface area contributed by atoms with E-state index < -0.39 is 26.2 Å². The Bertz CT molecular complexity index is 1920. The predicted octanol–water partition coefficient (Wildman–Crippen LogP) is 3.85. The Kier molecular flexibility index (Phi) is 10.8. The molecule has 1 fully saturated rings. The third-order valence-electron chi connectivity index (χ3n) is 7.69. The Balaban J connectivity index is 1.40. The van der Waals surface area contributed by atoms with Crippen molar-refractivity contribution in [3.8, 4) is 11.8 Å². The molecule has 0 aliphatic carbocycles. The molecule has 0 saturated carbocycles. The Morgan fingerprint density at radius 3 is 2.48 bits per heavy atom. The molecule has 0 radical (unpaired) electrons. The molecule has 1 aliphatic rings. The van der Waals surface area contributed by atoms with Gasteiger partial charge in [-0.25, -0.2) is 18.4 Å². The van der Waals surface area contributed by atoms with Gasteiger partial charge in [0.15, 0.2) is 32.4 Å². The van der Waals surface area contributed by atoms with Gasteiger partial charge in [0.1, 0.15) is 11.6 Å². The third kappa shape index (κ3) is 8.20. The normalized spacial score (nSPS) is 13.8. The number of likely N-dealkylation sites (N-methyl/N-ethyl adjacent to an activating group) is 1. The number of hydrogen-bond acceptors (Lipinski definition) is 14. The molecule has 1 aliphatic heterocycles. The first-order valence-electron chi connectivity index (χ1n) is 15.0. The van der Waals surface area contributed by atoms with E-state index in [2.05, 4.69) is 44.3 Å². The zero-order chi connectivity index (χ0) is 34.4. The number of nitrogens with zero attached hydrogens (tertiary/aromatic N) is 8. The summed E-state index contributed by atoms with van der Waals surface area (Å²) in [6.45, 7) is 7.08. The number of ether oxygens (including phenoxy) is 1. The van der Waals surface area contributed by atoms with Gasteiger partial charge in [-0.05, 0) is 62.6 Å². The van der Waals surface area contributed by atoms with E-state index in [0.717, 1.165) is 45.0 Å². The number of nitrogens with one attached hydrogen (secondary N) is 2. The van der Waals surface area contributed by atoms with Crippen molar-refractivity contribution in [3.05, 3.63) is 75.5 Å². The molecule has 0 atom stereocenters. The van der Waals surface area contributed by atoms with Crippen LogP contribution in [0.3, 0.4) is 0 Å². The summed E-state index contributed by atoms with van der Waals surface area (Å²) in [5.41, 5.74) is 0.238. The molecular formula is C31H36N10O5S2. The molecule has 5 rings (SSSR count). The molecule has 0 unspecified atom stereocenters. The average molecular weight is 693 g/mol. The summed E-state index contributed by atoms with van der Waals surface area (Å²) in [6, 6.07) is 13.8. The number of benzene rings is 2. The van der Waals surface area contributed by atoms with Crippen molar-refractivity contribution < 1.29 is 18.1 Å². The summed E-state index contributed by atoms with van der Waals surface area (Å²) in [5.74, 6) is 1.58. The average Bonchev–Trinajstić information content (AvgIpc) is 3.47. The van der Waals surface area contributed by atoms with Crippen molar-refractivity contribution in [2.75, 3.05) is 70.7 Å². The number of aryl methyl sites for hydroxylation is 1. The van der Waals surface area contributed by atoms with E-state index in [1.165, 1.54) is 42.1 Å². The fraction of sp³-hybridized carbons (Fsp3) is 0.355. The number of hydrogen-bond donors (Lipinski definition) is 2. The van der Waals surface area contributed by atoms with Crippen LogP contribution in [0.25, 0.3) is 0 Å². The van der Waals surface area contributed by atoms with Crippen LogP contribution >= 0.6 is 11.8 Å². The zero-order valence-corrected chi connectivity index (χ0v) is 28.6. The van der Waals surface area contributed by atoms with E-state index in [4.69, 9.17) is 14.7 Å². The maximum absolute atomic E-state index is 13.3. The van der Waals surface area contributed by atoms with Crippen LogP contribution in [0.15, 0.2) is 63.5 Å². The molecule has 1 saturated heterocycles. The number of aromatic nitrogens is 4. The lowest BCUT2D eigenvalue weighted by molar-refractivity contribution is -0.385. The first-order valence-corrected chi connectivity index (χ1v) is 17.5. The molecule has 0 spiro atoms. The van der Waals surface area contributed by atoms with Gasteiger partial charge in [-0.1, -0.05) is 12.1 Å². The van der Waals surface area contributed by atoms with Gasteiger partial charge in [0.05, 0.1) is 22.7 Å². The molecule has 15 nitrogen and oxygen atoms in total. The Morgan fingerprint density at radius 1 is 1.15 bits per heavy atom. The Morgan fingerprint density at radius 2 is 1.88 bits per heavy atom. The molecule has 4 aromatic rings. The van der Waals surface area contributed by atoms with E-state index >= 15 is 0 Å². The van der Waals surface area contributed by atoms with Crippen molar-refractivity contribution in [3.63, 3.8) is 0 Å². The molecular weight excluding hydrogens is 657 g/mol. The van der Waals surface area contributed by atoms with E-state index in [0.29, 0.717) is 33.3 Å². The van der Waals surface area contributed by atoms with E-state index in [9.17, 15) is 23.8 Å². The fourth-order valence-corrected chi connectivity index (χ4v) is 7.30. The van der Waals surface area contributed by atoms with Gasteiger partial charge in [0.2, 0.25) is 5.75 Å². The number of anilines is 3. The first-order chi connectivity index (χ1) is 23.0. The molecule has 48 heavy (non-hydrogen) atoms.